The Labute approximate surface area is 111 Å². The Kier molecular flexibility index (Phi) is 6.63. The normalized spacial score (nSPS) is 11.0. The molecule has 18 heavy (non-hydrogen) atoms. The SMILES string of the molecule is CC(C)CCCCOc1ccc(OC(C)C)cc1. The molecule has 0 atom stereocenters. The fourth-order valence-electron chi connectivity index (χ4n) is 1.73. The Morgan fingerprint density at radius 2 is 1.50 bits per heavy atom. The van der Waals surface area contributed by atoms with E-state index in [2.05, 4.69) is 13.8 Å². The molecular formula is C16H26O2. The number of rotatable bonds is 8. The smallest absolute Gasteiger partial charge is 0.119 e. The molecular weight excluding hydrogens is 224 g/mol. The first-order valence-corrected chi connectivity index (χ1v) is 6.97. The zero-order valence-electron chi connectivity index (χ0n) is 12.1. The Hall–Kier alpha value is -1.18. The van der Waals surface area contributed by atoms with E-state index in [0.717, 1.165) is 30.4 Å². The van der Waals surface area contributed by atoms with E-state index >= 15 is 0 Å². The van der Waals surface area contributed by atoms with Crippen LogP contribution in [0.3, 0.4) is 0 Å². The molecule has 0 aromatic heterocycles. The van der Waals surface area contributed by atoms with Gasteiger partial charge in [-0.3, -0.25) is 0 Å². The molecule has 0 bridgehead atoms. The predicted octanol–water partition coefficient (Wildman–Crippen LogP) is 4.68. The van der Waals surface area contributed by atoms with Crippen molar-refractivity contribution in [3.63, 3.8) is 0 Å². The van der Waals surface area contributed by atoms with E-state index in [0.29, 0.717) is 0 Å². The second-order valence-corrected chi connectivity index (χ2v) is 5.38. The summed E-state index contributed by atoms with van der Waals surface area (Å²) in [5.41, 5.74) is 0. The maximum atomic E-state index is 5.69. The lowest BCUT2D eigenvalue weighted by molar-refractivity contribution is 0.241. The molecule has 0 saturated heterocycles. The topological polar surface area (TPSA) is 18.5 Å². The van der Waals surface area contributed by atoms with Crippen molar-refractivity contribution in [3.8, 4) is 11.5 Å². The molecule has 0 fully saturated rings. The monoisotopic (exact) mass is 250 g/mol. The van der Waals surface area contributed by atoms with Crippen LogP contribution in [0.4, 0.5) is 0 Å². The fourth-order valence-corrected chi connectivity index (χ4v) is 1.73. The van der Waals surface area contributed by atoms with Crippen molar-refractivity contribution in [2.45, 2.75) is 53.1 Å². The molecule has 0 aliphatic carbocycles. The van der Waals surface area contributed by atoms with Gasteiger partial charge < -0.3 is 9.47 Å². The van der Waals surface area contributed by atoms with Crippen LogP contribution in [0.15, 0.2) is 24.3 Å². The van der Waals surface area contributed by atoms with Gasteiger partial charge in [0.05, 0.1) is 12.7 Å². The van der Waals surface area contributed by atoms with E-state index in [9.17, 15) is 0 Å². The van der Waals surface area contributed by atoms with E-state index in [1.54, 1.807) is 0 Å². The highest BCUT2D eigenvalue weighted by atomic mass is 16.5. The Balaban J connectivity index is 2.22. The molecule has 1 aromatic carbocycles. The second-order valence-electron chi connectivity index (χ2n) is 5.38. The largest absolute Gasteiger partial charge is 0.494 e. The van der Waals surface area contributed by atoms with Crippen molar-refractivity contribution < 1.29 is 9.47 Å². The molecule has 0 N–H and O–H groups in total. The van der Waals surface area contributed by atoms with Crippen LogP contribution < -0.4 is 9.47 Å². The van der Waals surface area contributed by atoms with E-state index in [4.69, 9.17) is 9.47 Å². The van der Waals surface area contributed by atoms with Crippen LogP contribution in [0.2, 0.25) is 0 Å². The fraction of sp³-hybridized carbons (Fsp3) is 0.625. The standard InChI is InChI=1S/C16H26O2/c1-13(2)7-5-6-12-17-15-8-10-16(11-9-15)18-14(3)4/h8-11,13-14H,5-7,12H2,1-4H3. The third-order valence-electron chi connectivity index (χ3n) is 2.64. The molecule has 0 heterocycles. The van der Waals surface area contributed by atoms with Crippen molar-refractivity contribution in [1.82, 2.24) is 0 Å². The first kappa shape index (κ1) is 14.9. The summed E-state index contributed by atoms with van der Waals surface area (Å²) in [6.45, 7) is 9.37. The zero-order chi connectivity index (χ0) is 13.4. The van der Waals surface area contributed by atoms with E-state index in [1.165, 1.54) is 12.8 Å². The third kappa shape index (κ3) is 6.53. The summed E-state index contributed by atoms with van der Waals surface area (Å²) in [5, 5.41) is 0. The van der Waals surface area contributed by atoms with Gasteiger partial charge in [0.1, 0.15) is 11.5 Å². The summed E-state index contributed by atoms with van der Waals surface area (Å²) in [5.74, 6) is 2.62. The Morgan fingerprint density at radius 3 is 2.06 bits per heavy atom. The highest BCUT2D eigenvalue weighted by Gasteiger charge is 1.99. The van der Waals surface area contributed by atoms with Crippen LogP contribution >= 0.6 is 0 Å². The third-order valence-corrected chi connectivity index (χ3v) is 2.64. The first-order chi connectivity index (χ1) is 8.58. The summed E-state index contributed by atoms with van der Waals surface area (Å²) in [6, 6.07) is 7.87. The molecule has 0 aliphatic rings. The van der Waals surface area contributed by atoms with Gasteiger partial charge in [0.2, 0.25) is 0 Å². The summed E-state index contributed by atoms with van der Waals surface area (Å²) in [6.07, 6.45) is 3.87. The zero-order valence-corrected chi connectivity index (χ0v) is 12.1. The molecule has 2 nitrogen and oxygen atoms in total. The van der Waals surface area contributed by atoms with Gasteiger partial charge in [0.25, 0.3) is 0 Å². The van der Waals surface area contributed by atoms with E-state index in [1.807, 2.05) is 38.1 Å². The van der Waals surface area contributed by atoms with Crippen LogP contribution in [0.1, 0.15) is 47.0 Å². The lowest BCUT2D eigenvalue weighted by Crippen LogP contribution is -2.05. The number of hydrogen-bond donors (Lipinski definition) is 0. The van der Waals surface area contributed by atoms with Crippen LogP contribution in [0, 0.1) is 5.92 Å². The highest BCUT2D eigenvalue weighted by molar-refractivity contribution is 5.31. The van der Waals surface area contributed by atoms with Crippen molar-refractivity contribution in [2.75, 3.05) is 6.61 Å². The molecule has 0 radical (unpaired) electrons. The summed E-state index contributed by atoms with van der Waals surface area (Å²) < 4.78 is 11.3. The molecule has 0 saturated carbocycles. The van der Waals surface area contributed by atoms with Crippen LogP contribution in [0.25, 0.3) is 0 Å². The number of benzene rings is 1. The van der Waals surface area contributed by atoms with Gasteiger partial charge in [-0.25, -0.2) is 0 Å². The molecule has 0 aliphatic heterocycles. The molecule has 0 amide bonds. The molecule has 1 aromatic rings. The lowest BCUT2D eigenvalue weighted by Gasteiger charge is -2.11. The maximum absolute atomic E-state index is 5.69. The first-order valence-electron chi connectivity index (χ1n) is 6.97. The number of ether oxygens (including phenoxy) is 2. The average Bonchev–Trinajstić information content (AvgIpc) is 2.30. The Bertz CT molecular complexity index is 314. The van der Waals surface area contributed by atoms with Crippen molar-refractivity contribution in [3.05, 3.63) is 24.3 Å². The predicted molar refractivity (Wildman–Crippen MR) is 76.4 cm³/mol. The minimum absolute atomic E-state index is 0.216. The van der Waals surface area contributed by atoms with Gasteiger partial charge in [0, 0.05) is 0 Å². The van der Waals surface area contributed by atoms with Gasteiger partial charge in [-0.05, 0) is 56.9 Å². The van der Waals surface area contributed by atoms with Crippen LogP contribution in [-0.4, -0.2) is 12.7 Å². The van der Waals surface area contributed by atoms with Gasteiger partial charge in [0.15, 0.2) is 0 Å². The van der Waals surface area contributed by atoms with Gasteiger partial charge in [-0.2, -0.15) is 0 Å². The lowest BCUT2D eigenvalue weighted by atomic mass is 10.1. The van der Waals surface area contributed by atoms with Gasteiger partial charge >= 0.3 is 0 Å². The van der Waals surface area contributed by atoms with Gasteiger partial charge in [-0.1, -0.05) is 20.3 Å². The molecule has 0 spiro atoms. The average molecular weight is 250 g/mol. The minimum Gasteiger partial charge on any atom is -0.494 e. The minimum atomic E-state index is 0.216. The summed E-state index contributed by atoms with van der Waals surface area (Å²) in [7, 11) is 0. The maximum Gasteiger partial charge on any atom is 0.119 e. The Morgan fingerprint density at radius 1 is 0.889 bits per heavy atom. The molecule has 102 valence electrons. The molecule has 2 heteroatoms. The van der Waals surface area contributed by atoms with Crippen LogP contribution in [-0.2, 0) is 0 Å². The van der Waals surface area contributed by atoms with Crippen molar-refractivity contribution in [1.29, 1.82) is 0 Å². The number of unbranched alkanes of at least 4 members (excludes halogenated alkanes) is 1. The van der Waals surface area contributed by atoms with E-state index < -0.39 is 0 Å². The van der Waals surface area contributed by atoms with Gasteiger partial charge in [-0.15, -0.1) is 0 Å². The van der Waals surface area contributed by atoms with Crippen LogP contribution in [0.5, 0.6) is 11.5 Å². The number of hydrogen-bond acceptors (Lipinski definition) is 2. The van der Waals surface area contributed by atoms with Crippen molar-refractivity contribution >= 4 is 0 Å². The van der Waals surface area contributed by atoms with E-state index in [-0.39, 0.29) is 6.10 Å². The second kappa shape index (κ2) is 8.02. The highest BCUT2D eigenvalue weighted by Crippen LogP contribution is 2.19. The quantitative estimate of drug-likeness (QED) is 0.624. The summed E-state index contributed by atoms with van der Waals surface area (Å²) >= 11 is 0. The molecule has 1 rings (SSSR count). The molecule has 0 unspecified atom stereocenters. The van der Waals surface area contributed by atoms with Crippen molar-refractivity contribution in [2.24, 2.45) is 5.92 Å². The summed E-state index contributed by atoms with van der Waals surface area (Å²) in [4.78, 5) is 0.